The van der Waals surface area contributed by atoms with Crippen molar-refractivity contribution in [2.24, 2.45) is 4.99 Å². The van der Waals surface area contributed by atoms with E-state index in [0.29, 0.717) is 5.36 Å². The molecular formula is C38H32NNiOP. The first-order valence-corrected chi connectivity index (χ1v) is 14.8. The molecule has 0 atom stereocenters. The second-order valence-corrected chi connectivity index (χ2v) is 11.2. The Balaban J connectivity index is 0.000000191. The van der Waals surface area contributed by atoms with Crippen LogP contribution in [0.3, 0.4) is 0 Å². The smallest absolute Gasteiger partial charge is 0.871 e. The maximum absolute atomic E-state index is 11.6. The molecule has 0 aliphatic heterocycles. The molecular weight excluding hydrogens is 576 g/mol. The molecule has 6 rings (SSSR count). The van der Waals surface area contributed by atoms with E-state index in [1.807, 2.05) is 73.7 Å². The molecule has 0 heterocycles. The quantitative estimate of drug-likeness (QED) is 0.118. The van der Waals surface area contributed by atoms with E-state index in [1.165, 1.54) is 22.0 Å². The average molecular weight is 608 g/mol. The van der Waals surface area contributed by atoms with Crippen LogP contribution in [0.1, 0.15) is 5.56 Å². The molecule has 210 valence electrons. The summed E-state index contributed by atoms with van der Waals surface area (Å²) in [5.74, 6) is -0.0618. The summed E-state index contributed by atoms with van der Waals surface area (Å²) in [5.41, 5.74) is 1.90. The molecule has 0 aromatic heterocycles. The minimum absolute atomic E-state index is 0. The molecule has 0 spiro atoms. The predicted molar refractivity (Wildman–Crippen MR) is 173 cm³/mol. The summed E-state index contributed by atoms with van der Waals surface area (Å²) in [4.78, 5) is 4.37. The fourth-order valence-corrected chi connectivity index (χ4v) is 6.26. The van der Waals surface area contributed by atoms with E-state index in [2.05, 4.69) is 102 Å². The van der Waals surface area contributed by atoms with E-state index in [4.69, 9.17) is 0 Å². The number of nitrogens with zero attached hydrogens (tertiary/aromatic N) is 1. The van der Waals surface area contributed by atoms with Crippen LogP contribution in [0.5, 0.6) is 5.75 Å². The van der Waals surface area contributed by atoms with Crippen molar-refractivity contribution in [1.82, 2.24) is 0 Å². The topological polar surface area (TPSA) is 35.4 Å². The van der Waals surface area contributed by atoms with Crippen molar-refractivity contribution < 1.29 is 21.6 Å². The van der Waals surface area contributed by atoms with Crippen molar-refractivity contribution in [1.29, 1.82) is 0 Å². The molecule has 0 saturated carbocycles. The van der Waals surface area contributed by atoms with E-state index in [9.17, 15) is 5.11 Å². The Kier molecular flexibility index (Phi) is 14.0. The molecule has 0 unspecified atom stereocenters. The van der Waals surface area contributed by atoms with Gasteiger partial charge in [-0.05, 0) is 48.5 Å². The Labute approximate surface area is 260 Å². The van der Waals surface area contributed by atoms with Crippen LogP contribution in [0, 0.1) is 13.0 Å². The van der Waals surface area contributed by atoms with Gasteiger partial charge in [-0.2, -0.15) is 36.4 Å². The Hall–Kier alpha value is -4.29. The van der Waals surface area contributed by atoms with Gasteiger partial charge in [0.2, 0.25) is 0 Å². The fraction of sp³-hybridized carbons (Fsp3) is 0.0263. The van der Waals surface area contributed by atoms with Crippen LogP contribution in [-0.2, 0) is 16.5 Å². The molecule has 0 bridgehead atoms. The second kappa shape index (κ2) is 18.2. The summed E-state index contributed by atoms with van der Waals surface area (Å²) in [6.07, 6.45) is 0. The summed E-state index contributed by atoms with van der Waals surface area (Å²) in [5, 5.41) is 16.3. The monoisotopic (exact) mass is 607 g/mol. The summed E-state index contributed by atoms with van der Waals surface area (Å²) >= 11 is 0. The van der Waals surface area contributed by atoms with Gasteiger partial charge in [0.25, 0.3) is 0 Å². The zero-order valence-corrected chi connectivity index (χ0v) is 25.2. The van der Waals surface area contributed by atoms with Gasteiger partial charge in [-0.15, -0.1) is 0 Å². The minimum atomic E-state index is -0.446. The first-order valence-electron chi connectivity index (χ1n) is 13.5. The van der Waals surface area contributed by atoms with Gasteiger partial charge in [0.05, 0.1) is 11.0 Å². The molecule has 6 aromatic rings. The van der Waals surface area contributed by atoms with Crippen LogP contribution in [0.15, 0.2) is 181 Å². The van der Waals surface area contributed by atoms with Crippen LogP contribution in [0.25, 0.3) is 0 Å². The standard InChI is InChI=1S/C18H15P.C14H13NO.C6H5.Ni/c1-4-10-16(11-5-1)19(17-12-6-2-7-13-17)18-14-8-3-9-15-18;1-11-7-5-6-8-12(11)15-13-9-3-2-4-10-14(13)16;1-2-4-6-5-3-1;/h1-15H;2-10H,1H3,(H,15,16);1-5H;/q;;-1;+2/p-1. The van der Waals surface area contributed by atoms with Gasteiger partial charge in [0, 0.05) is 0 Å². The third kappa shape index (κ3) is 10.3. The van der Waals surface area contributed by atoms with Crippen LogP contribution in [-0.4, -0.2) is 0 Å². The van der Waals surface area contributed by atoms with Crippen molar-refractivity contribution in [2.75, 3.05) is 0 Å². The average Bonchev–Trinajstić information content (AvgIpc) is 3.25. The van der Waals surface area contributed by atoms with Gasteiger partial charge < -0.3 is 5.11 Å². The van der Waals surface area contributed by atoms with Gasteiger partial charge in [-0.1, -0.05) is 139 Å². The zero-order valence-electron chi connectivity index (χ0n) is 23.4. The fourth-order valence-electron chi connectivity index (χ4n) is 3.95. The molecule has 0 saturated heterocycles. The number of rotatable bonds is 4. The van der Waals surface area contributed by atoms with Crippen LogP contribution >= 0.6 is 7.92 Å². The third-order valence-electron chi connectivity index (χ3n) is 5.98. The number of benzene rings is 5. The van der Waals surface area contributed by atoms with Crippen LogP contribution in [0.4, 0.5) is 5.69 Å². The largest absolute Gasteiger partial charge is 2.00 e. The van der Waals surface area contributed by atoms with Crippen molar-refractivity contribution in [3.63, 3.8) is 0 Å². The maximum atomic E-state index is 11.6. The van der Waals surface area contributed by atoms with Crippen molar-refractivity contribution >= 4 is 29.5 Å². The predicted octanol–water partition coefficient (Wildman–Crippen LogP) is 7.23. The Morgan fingerprint density at radius 3 is 1.33 bits per heavy atom. The van der Waals surface area contributed by atoms with Crippen LogP contribution in [0.2, 0.25) is 0 Å². The molecule has 0 N–H and O–H groups in total. The normalized spacial score (nSPS) is 10.3. The van der Waals surface area contributed by atoms with E-state index in [-0.39, 0.29) is 22.2 Å². The van der Waals surface area contributed by atoms with Crippen LogP contribution < -0.4 is 26.4 Å². The molecule has 0 fully saturated rings. The van der Waals surface area contributed by atoms with Gasteiger partial charge in [-0.25, -0.2) is 4.99 Å². The van der Waals surface area contributed by atoms with Gasteiger partial charge in [0.15, 0.2) is 0 Å². The molecule has 0 radical (unpaired) electrons. The number of aryl methyl sites for hydroxylation is 1. The van der Waals surface area contributed by atoms with E-state index >= 15 is 0 Å². The first kappa shape index (κ1) is 32.2. The van der Waals surface area contributed by atoms with E-state index in [1.54, 1.807) is 12.1 Å². The van der Waals surface area contributed by atoms with E-state index < -0.39 is 7.92 Å². The molecule has 2 nitrogen and oxygen atoms in total. The van der Waals surface area contributed by atoms with E-state index in [0.717, 1.165) is 11.3 Å². The molecule has 42 heavy (non-hydrogen) atoms. The van der Waals surface area contributed by atoms with Crippen molar-refractivity contribution in [3.8, 4) is 5.75 Å². The van der Waals surface area contributed by atoms with Gasteiger partial charge in [-0.3, -0.25) is 0 Å². The Morgan fingerprint density at radius 2 is 0.905 bits per heavy atom. The van der Waals surface area contributed by atoms with Crippen molar-refractivity contribution in [3.05, 3.63) is 193 Å². The third-order valence-corrected chi connectivity index (χ3v) is 8.43. The molecule has 0 aliphatic carbocycles. The Bertz CT molecular complexity index is 1530. The number of hydrogen-bond acceptors (Lipinski definition) is 2. The van der Waals surface area contributed by atoms with Gasteiger partial charge >= 0.3 is 16.5 Å². The first-order chi connectivity index (χ1) is 20.2. The molecule has 6 aromatic carbocycles. The minimum Gasteiger partial charge on any atom is -0.871 e. The van der Waals surface area contributed by atoms with Crippen molar-refractivity contribution in [2.45, 2.75) is 6.92 Å². The second-order valence-electron chi connectivity index (χ2n) is 8.98. The molecule has 0 aliphatic rings. The summed E-state index contributed by atoms with van der Waals surface area (Å²) < 4.78 is 0. The summed E-state index contributed by atoms with van der Waals surface area (Å²) in [6.45, 7) is 1.98. The zero-order chi connectivity index (χ0) is 28.5. The SMILES string of the molecule is Cc1ccccc1N=c1cccccc1[O-].[Ni+2].[c-]1ccccc1.c1ccc(P(c2ccccc2)c2ccccc2)cc1. The summed E-state index contributed by atoms with van der Waals surface area (Å²) in [7, 11) is -0.446. The number of para-hydroxylation sites is 1. The maximum Gasteiger partial charge on any atom is 2.00 e. The number of hydrogen-bond donors (Lipinski definition) is 0. The Morgan fingerprint density at radius 1 is 0.500 bits per heavy atom. The summed E-state index contributed by atoms with van der Waals surface area (Å²) in [6, 6.07) is 61.2. The molecule has 0 amide bonds. The van der Waals surface area contributed by atoms with Gasteiger partial charge in [0.1, 0.15) is 0 Å². The molecule has 4 heteroatoms.